The SMILES string of the molecule is C=C(C)C(=O)O.CC(O)C(C)(C)N. The molecule has 0 amide bonds. The van der Waals surface area contributed by atoms with Gasteiger partial charge in [0.05, 0.1) is 6.10 Å². The van der Waals surface area contributed by atoms with Crippen LogP contribution < -0.4 is 5.73 Å². The first-order valence-electron chi connectivity index (χ1n) is 3.94. The maximum atomic E-state index is 9.60. The van der Waals surface area contributed by atoms with E-state index in [9.17, 15) is 4.79 Å². The van der Waals surface area contributed by atoms with E-state index in [1.807, 2.05) is 0 Å². The fourth-order valence-electron chi connectivity index (χ4n) is 0. The van der Waals surface area contributed by atoms with E-state index in [-0.39, 0.29) is 5.57 Å². The van der Waals surface area contributed by atoms with Crippen LogP contribution in [0, 0.1) is 0 Å². The second-order valence-electron chi connectivity index (χ2n) is 3.58. The predicted molar refractivity (Wildman–Crippen MR) is 52.4 cm³/mol. The van der Waals surface area contributed by atoms with Gasteiger partial charge in [0.2, 0.25) is 0 Å². The van der Waals surface area contributed by atoms with Crippen molar-refractivity contribution in [2.75, 3.05) is 0 Å². The Morgan fingerprint density at radius 3 is 1.69 bits per heavy atom. The third-order valence-electron chi connectivity index (χ3n) is 1.44. The zero-order valence-electron chi connectivity index (χ0n) is 8.66. The van der Waals surface area contributed by atoms with E-state index in [4.69, 9.17) is 15.9 Å². The summed E-state index contributed by atoms with van der Waals surface area (Å²) in [5, 5.41) is 16.7. The van der Waals surface area contributed by atoms with Crippen molar-refractivity contribution in [3.63, 3.8) is 0 Å². The standard InChI is InChI=1S/C5H13NO.C4H6O2/c1-4(7)5(2,3)6;1-3(2)4(5)6/h4,7H,6H2,1-3H3;1H2,2H3,(H,5,6). The maximum absolute atomic E-state index is 9.60. The van der Waals surface area contributed by atoms with Gasteiger partial charge in [-0.05, 0) is 27.7 Å². The number of hydrogen-bond donors (Lipinski definition) is 3. The maximum Gasteiger partial charge on any atom is 0.330 e. The van der Waals surface area contributed by atoms with Gasteiger partial charge in [-0.2, -0.15) is 0 Å². The zero-order valence-corrected chi connectivity index (χ0v) is 8.66. The smallest absolute Gasteiger partial charge is 0.330 e. The zero-order chi connectivity index (χ0) is 11.2. The number of carboxylic acids is 1. The molecule has 0 heterocycles. The lowest BCUT2D eigenvalue weighted by Gasteiger charge is -2.21. The molecule has 0 aromatic heterocycles. The third kappa shape index (κ3) is 11.1. The molecule has 0 aromatic carbocycles. The first-order valence-corrected chi connectivity index (χ1v) is 3.94. The molecular weight excluding hydrogens is 170 g/mol. The minimum Gasteiger partial charge on any atom is -0.478 e. The monoisotopic (exact) mass is 189 g/mol. The molecule has 1 atom stereocenters. The molecule has 0 aliphatic heterocycles. The molecule has 4 heteroatoms. The number of aliphatic hydroxyl groups is 1. The van der Waals surface area contributed by atoms with Crippen molar-refractivity contribution in [3.05, 3.63) is 12.2 Å². The van der Waals surface area contributed by atoms with Crippen LogP contribution in [0.4, 0.5) is 0 Å². The minimum atomic E-state index is -0.935. The average molecular weight is 189 g/mol. The summed E-state index contributed by atoms with van der Waals surface area (Å²) in [6.07, 6.45) is -0.424. The number of aliphatic carboxylic acids is 1. The van der Waals surface area contributed by atoms with Gasteiger partial charge in [0.15, 0.2) is 0 Å². The molecule has 0 aliphatic carbocycles. The number of carbonyl (C=O) groups is 1. The largest absolute Gasteiger partial charge is 0.478 e. The highest BCUT2D eigenvalue weighted by molar-refractivity contribution is 5.84. The van der Waals surface area contributed by atoms with Gasteiger partial charge in [0.25, 0.3) is 0 Å². The summed E-state index contributed by atoms with van der Waals surface area (Å²) in [4.78, 5) is 9.60. The third-order valence-corrected chi connectivity index (χ3v) is 1.44. The highest BCUT2D eigenvalue weighted by Crippen LogP contribution is 2.01. The van der Waals surface area contributed by atoms with Gasteiger partial charge in [-0.3, -0.25) is 0 Å². The lowest BCUT2D eigenvalue weighted by Crippen LogP contribution is -2.43. The average Bonchev–Trinajstić information content (AvgIpc) is 1.86. The van der Waals surface area contributed by atoms with Crippen LogP contribution in [0.2, 0.25) is 0 Å². The van der Waals surface area contributed by atoms with Gasteiger partial charge < -0.3 is 15.9 Å². The van der Waals surface area contributed by atoms with Crippen molar-refractivity contribution in [2.45, 2.75) is 39.3 Å². The summed E-state index contributed by atoms with van der Waals surface area (Å²) in [5.74, 6) is -0.935. The number of carboxylic acid groups (broad SMARTS) is 1. The van der Waals surface area contributed by atoms with Crippen LogP contribution >= 0.6 is 0 Å². The Morgan fingerprint density at radius 2 is 1.69 bits per heavy atom. The second kappa shape index (κ2) is 5.72. The van der Waals surface area contributed by atoms with Crippen molar-refractivity contribution in [2.24, 2.45) is 5.73 Å². The lowest BCUT2D eigenvalue weighted by atomic mass is 10.0. The van der Waals surface area contributed by atoms with E-state index in [0.717, 1.165) is 0 Å². The summed E-state index contributed by atoms with van der Waals surface area (Å²) >= 11 is 0. The Morgan fingerprint density at radius 1 is 1.54 bits per heavy atom. The van der Waals surface area contributed by atoms with E-state index in [2.05, 4.69) is 6.58 Å². The lowest BCUT2D eigenvalue weighted by molar-refractivity contribution is -0.132. The van der Waals surface area contributed by atoms with Crippen LogP contribution in [-0.2, 0) is 4.79 Å². The molecular formula is C9H19NO3. The van der Waals surface area contributed by atoms with Gasteiger partial charge in [0, 0.05) is 11.1 Å². The molecule has 4 nitrogen and oxygen atoms in total. The number of aliphatic hydroxyl groups excluding tert-OH is 1. The van der Waals surface area contributed by atoms with E-state index in [0.29, 0.717) is 0 Å². The van der Waals surface area contributed by atoms with Crippen LogP contribution in [0.25, 0.3) is 0 Å². The van der Waals surface area contributed by atoms with E-state index < -0.39 is 17.6 Å². The predicted octanol–water partition coefficient (Wildman–Crippen LogP) is 0.752. The Kier molecular flexibility index (Phi) is 6.44. The normalized spacial score (nSPS) is 12.5. The molecule has 0 bridgehead atoms. The second-order valence-corrected chi connectivity index (χ2v) is 3.58. The number of hydrogen-bond acceptors (Lipinski definition) is 3. The quantitative estimate of drug-likeness (QED) is 0.560. The topological polar surface area (TPSA) is 83.5 Å². The molecule has 0 spiro atoms. The summed E-state index contributed by atoms with van der Waals surface area (Å²) < 4.78 is 0. The number of rotatable bonds is 2. The first-order chi connectivity index (χ1) is 5.59. The van der Waals surface area contributed by atoms with Crippen LogP contribution in [0.15, 0.2) is 12.2 Å². The molecule has 13 heavy (non-hydrogen) atoms. The van der Waals surface area contributed by atoms with Crippen molar-refractivity contribution in [1.29, 1.82) is 0 Å². The van der Waals surface area contributed by atoms with Crippen molar-refractivity contribution >= 4 is 5.97 Å². The Bertz CT molecular complexity index is 168. The Labute approximate surface area is 79.1 Å². The fourth-order valence-corrected chi connectivity index (χ4v) is 0. The van der Waals surface area contributed by atoms with E-state index in [1.54, 1.807) is 20.8 Å². The van der Waals surface area contributed by atoms with E-state index >= 15 is 0 Å². The first kappa shape index (κ1) is 14.6. The van der Waals surface area contributed by atoms with E-state index in [1.165, 1.54) is 6.92 Å². The number of nitrogens with two attached hydrogens (primary N) is 1. The fraction of sp³-hybridized carbons (Fsp3) is 0.667. The summed E-state index contributed by atoms with van der Waals surface area (Å²) in [5.41, 5.74) is 5.16. The molecule has 0 radical (unpaired) electrons. The molecule has 0 aliphatic rings. The van der Waals surface area contributed by atoms with Crippen molar-refractivity contribution in [3.8, 4) is 0 Å². The molecule has 4 N–H and O–H groups in total. The van der Waals surface area contributed by atoms with Crippen LogP contribution in [0.5, 0.6) is 0 Å². The molecule has 78 valence electrons. The minimum absolute atomic E-state index is 0.176. The van der Waals surface area contributed by atoms with Crippen LogP contribution in [-0.4, -0.2) is 27.8 Å². The van der Waals surface area contributed by atoms with Crippen LogP contribution in [0.3, 0.4) is 0 Å². The van der Waals surface area contributed by atoms with Gasteiger partial charge >= 0.3 is 5.97 Å². The molecule has 1 unspecified atom stereocenters. The Hall–Kier alpha value is -0.870. The van der Waals surface area contributed by atoms with Crippen molar-refractivity contribution < 1.29 is 15.0 Å². The summed E-state index contributed by atoms with van der Waals surface area (Å²) in [7, 11) is 0. The highest BCUT2D eigenvalue weighted by atomic mass is 16.4. The van der Waals surface area contributed by atoms with Gasteiger partial charge in [-0.25, -0.2) is 4.79 Å². The van der Waals surface area contributed by atoms with Gasteiger partial charge in [-0.1, -0.05) is 6.58 Å². The highest BCUT2D eigenvalue weighted by Gasteiger charge is 2.16. The molecule has 0 saturated carbocycles. The van der Waals surface area contributed by atoms with Gasteiger partial charge in [0.1, 0.15) is 0 Å². The van der Waals surface area contributed by atoms with Crippen LogP contribution in [0.1, 0.15) is 27.7 Å². The molecule has 0 aromatic rings. The molecule has 0 rings (SSSR count). The van der Waals surface area contributed by atoms with Gasteiger partial charge in [-0.15, -0.1) is 0 Å². The molecule has 0 saturated heterocycles. The molecule has 0 fully saturated rings. The van der Waals surface area contributed by atoms with Crippen molar-refractivity contribution in [1.82, 2.24) is 0 Å². The summed E-state index contributed by atoms with van der Waals surface area (Å²) in [6, 6.07) is 0. The Balaban J connectivity index is 0. The summed E-state index contributed by atoms with van der Waals surface area (Å²) in [6.45, 7) is 9.86.